The topological polar surface area (TPSA) is 58.2 Å². The van der Waals surface area contributed by atoms with Crippen LogP contribution in [0.3, 0.4) is 0 Å². The first-order chi connectivity index (χ1) is 9.44. The fourth-order valence-electron chi connectivity index (χ4n) is 1.92. The summed E-state index contributed by atoms with van der Waals surface area (Å²) in [6.07, 6.45) is 2.35. The van der Waals surface area contributed by atoms with E-state index in [1.165, 1.54) is 0 Å². The van der Waals surface area contributed by atoms with Crippen LogP contribution in [0.4, 0.5) is 0 Å². The average molecular weight is 319 g/mol. The second kappa shape index (κ2) is 8.77. The molecule has 1 unspecified atom stereocenters. The van der Waals surface area contributed by atoms with Gasteiger partial charge in [0.1, 0.15) is 0 Å². The van der Waals surface area contributed by atoms with Crippen molar-refractivity contribution in [3.8, 4) is 0 Å². The highest BCUT2D eigenvalue weighted by Gasteiger charge is 2.18. The van der Waals surface area contributed by atoms with E-state index in [9.17, 15) is 8.42 Å². The third-order valence-corrected chi connectivity index (χ3v) is 5.46. The highest BCUT2D eigenvalue weighted by atomic mass is 32.2. The summed E-state index contributed by atoms with van der Waals surface area (Å²) in [6.45, 7) is 7.05. The molecule has 0 aliphatic heterocycles. The number of thiophene rings is 1. The molecule has 0 bridgehead atoms. The highest BCUT2D eigenvalue weighted by Crippen LogP contribution is 2.22. The molecule has 0 spiro atoms. The summed E-state index contributed by atoms with van der Waals surface area (Å²) in [5, 5.41) is 5.27. The molecule has 1 aromatic rings. The molecule has 0 aliphatic rings. The first kappa shape index (κ1) is 17.6. The van der Waals surface area contributed by atoms with Gasteiger partial charge in [0.05, 0.1) is 11.8 Å². The van der Waals surface area contributed by atoms with Crippen LogP contribution in [0.1, 0.15) is 51.0 Å². The van der Waals surface area contributed by atoms with Crippen LogP contribution in [0.5, 0.6) is 0 Å². The van der Waals surface area contributed by atoms with Crippen LogP contribution in [0.15, 0.2) is 17.5 Å². The Hall–Kier alpha value is -0.430. The Labute approximate surface area is 127 Å². The Kier molecular flexibility index (Phi) is 7.72. The molecule has 0 saturated carbocycles. The fourth-order valence-corrected chi connectivity index (χ4v) is 4.28. The third-order valence-electron chi connectivity index (χ3n) is 3.01. The van der Waals surface area contributed by atoms with Gasteiger partial charge in [0.15, 0.2) is 0 Å². The predicted octanol–water partition coefficient (Wildman–Crippen LogP) is 2.90. The molecule has 0 saturated heterocycles. The molecular weight excluding hydrogens is 292 g/mol. The summed E-state index contributed by atoms with van der Waals surface area (Å²) in [6, 6.07) is 4.30. The summed E-state index contributed by atoms with van der Waals surface area (Å²) >= 11 is 1.59. The fraction of sp³-hybridized carbons (Fsp3) is 0.714. The smallest absolute Gasteiger partial charge is 0.212 e. The minimum absolute atomic E-state index is 0.0891. The van der Waals surface area contributed by atoms with Gasteiger partial charge in [-0.3, -0.25) is 0 Å². The van der Waals surface area contributed by atoms with Crippen LogP contribution >= 0.6 is 11.3 Å². The zero-order valence-corrected chi connectivity index (χ0v) is 14.2. The van der Waals surface area contributed by atoms with E-state index in [-0.39, 0.29) is 11.8 Å². The largest absolute Gasteiger partial charge is 0.315 e. The molecular formula is C14H26N2O2S2. The van der Waals surface area contributed by atoms with Crippen LogP contribution in [0.25, 0.3) is 0 Å². The van der Waals surface area contributed by atoms with E-state index in [4.69, 9.17) is 0 Å². The summed E-state index contributed by atoms with van der Waals surface area (Å²) in [4.78, 5) is 1.08. The minimum Gasteiger partial charge on any atom is -0.315 e. The second-order valence-electron chi connectivity index (χ2n) is 5.23. The van der Waals surface area contributed by atoms with E-state index in [1.54, 1.807) is 11.3 Å². The van der Waals surface area contributed by atoms with Gasteiger partial charge in [-0.1, -0.05) is 26.8 Å². The van der Waals surface area contributed by atoms with Crippen molar-refractivity contribution in [2.24, 2.45) is 0 Å². The quantitative estimate of drug-likeness (QED) is 0.652. The summed E-state index contributed by atoms with van der Waals surface area (Å²) < 4.78 is 26.9. The van der Waals surface area contributed by atoms with E-state index in [1.807, 2.05) is 24.4 Å². The average Bonchev–Trinajstić information content (AvgIpc) is 2.89. The SMILES string of the molecule is CCC(NS(=O)(=O)CCCCNC(C)C)c1cccs1. The lowest BCUT2D eigenvalue weighted by atomic mass is 10.2. The van der Waals surface area contributed by atoms with Crippen molar-refractivity contribution in [2.75, 3.05) is 12.3 Å². The molecule has 4 nitrogen and oxygen atoms in total. The maximum atomic E-state index is 12.1. The van der Waals surface area contributed by atoms with Crippen LogP contribution in [-0.4, -0.2) is 26.8 Å². The van der Waals surface area contributed by atoms with Crippen LogP contribution in [0.2, 0.25) is 0 Å². The van der Waals surface area contributed by atoms with Gasteiger partial charge in [-0.25, -0.2) is 13.1 Å². The van der Waals surface area contributed by atoms with Gasteiger partial charge in [-0.2, -0.15) is 0 Å². The van der Waals surface area contributed by atoms with Gasteiger partial charge in [0.25, 0.3) is 0 Å². The molecule has 0 fully saturated rings. The number of unbranched alkanes of at least 4 members (excludes halogenated alkanes) is 1. The molecule has 116 valence electrons. The Bertz CT molecular complexity index is 456. The molecule has 20 heavy (non-hydrogen) atoms. The monoisotopic (exact) mass is 318 g/mol. The highest BCUT2D eigenvalue weighted by molar-refractivity contribution is 7.89. The zero-order valence-electron chi connectivity index (χ0n) is 12.6. The Morgan fingerprint density at radius 3 is 2.60 bits per heavy atom. The molecule has 1 atom stereocenters. The van der Waals surface area contributed by atoms with Gasteiger partial charge >= 0.3 is 0 Å². The zero-order chi connectivity index (χ0) is 15.0. The number of nitrogens with one attached hydrogen (secondary N) is 2. The molecule has 1 aromatic heterocycles. The lowest BCUT2D eigenvalue weighted by Crippen LogP contribution is -2.30. The van der Waals surface area contributed by atoms with Gasteiger partial charge in [0.2, 0.25) is 10.0 Å². The molecule has 0 aromatic carbocycles. The summed E-state index contributed by atoms with van der Waals surface area (Å²) in [7, 11) is -3.19. The van der Waals surface area contributed by atoms with Gasteiger partial charge in [0, 0.05) is 10.9 Å². The van der Waals surface area contributed by atoms with Crippen molar-refractivity contribution < 1.29 is 8.42 Å². The number of sulfonamides is 1. The molecule has 1 heterocycles. The minimum atomic E-state index is -3.19. The van der Waals surface area contributed by atoms with Crippen molar-refractivity contribution in [3.63, 3.8) is 0 Å². The van der Waals surface area contributed by atoms with Crippen molar-refractivity contribution in [1.29, 1.82) is 0 Å². The Balaban J connectivity index is 2.37. The predicted molar refractivity (Wildman–Crippen MR) is 86.6 cm³/mol. The van der Waals surface area contributed by atoms with Crippen molar-refractivity contribution in [1.82, 2.24) is 10.0 Å². The van der Waals surface area contributed by atoms with Crippen LogP contribution in [0, 0.1) is 0 Å². The lowest BCUT2D eigenvalue weighted by Gasteiger charge is -2.15. The maximum Gasteiger partial charge on any atom is 0.212 e. The lowest BCUT2D eigenvalue weighted by molar-refractivity contribution is 0.541. The normalized spacial score (nSPS) is 13.8. The Morgan fingerprint density at radius 2 is 2.05 bits per heavy atom. The Morgan fingerprint density at radius 1 is 1.30 bits per heavy atom. The molecule has 1 rings (SSSR count). The molecule has 0 radical (unpaired) electrons. The number of hydrogen-bond donors (Lipinski definition) is 2. The number of hydrogen-bond acceptors (Lipinski definition) is 4. The van der Waals surface area contributed by atoms with Crippen molar-refractivity contribution in [3.05, 3.63) is 22.4 Å². The summed E-state index contributed by atoms with van der Waals surface area (Å²) in [5.74, 6) is 0.203. The van der Waals surface area contributed by atoms with Crippen molar-refractivity contribution >= 4 is 21.4 Å². The van der Waals surface area contributed by atoms with Gasteiger partial charge in [-0.15, -0.1) is 11.3 Å². The first-order valence-corrected chi connectivity index (χ1v) is 9.74. The first-order valence-electron chi connectivity index (χ1n) is 7.21. The van der Waals surface area contributed by atoms with E-state index in [2.05, 4.69) is 23.9 Å². The molecule has 0 aliphatic carbocycles. The van der Waals surface area contributed by atoms with Crippen molar-refractivity contribution in [2.45, 2.75) is 52.1 Å². The van der Waals surface area contributed by atoms with Crippen LogP contribution in [-0.2, 0) is 10.0 Å². The molecule has 6 heteroatoms. The van der Waals surface area contributed by atoms with Gasteiger partial charge < -0.3 is 5.32 Å². The van der Waals surface area contributed by atoms with Crippen LogP contribution < -0.4 is 10.0 Å². The number of rotatable bonds is 10. The maximum absolute atomic E-state index is 12.1. The van der Waals surface area contributed by atoms with E-state index in [0.717, 1.165) is 24.3 Å². The molecule has 2 N–H and O–H groups in total. The molecule has 0 amide bonds. The van der Waals surface area contributed by atoms with E-state index in [0.29, 0.717) is 12.5 Å². The summed E-state index contributed by atoms with van der Waals surface area (Å²) in [5.41, 5.74) is 0. The van der Waals surface area contributed by atoms with E-state index >= 15 is 0 Å². The third kappa shape index (κ3) is 6.83. The second-order valence-corrected chi connectivity index (χ2v) is 8.08. The standard InChI is InChI=1S/C14H26N2O2S2/c1-4-13(14-8-7-10-19-14)16-20(17,18)11-6-5-9-15-12(2)3/h7-8,10,12-13,15-16H,4-6,9,11H2,1-3H3. The van der Waals surface area contributed by atoms with Gasteiger partial charge in [-0.05, 0) is 37.3 Å². The van der Waals surface area contributed by atoms with E-state index < -0.39 is 10.0 Å².